The maximum atomic E-state index is 14.3. The number of aromatic carboxylic acids is 1. The number of carboxylic acid groups (broad SMARTS) is 1. The fourth-order valence-corrected chi connectivity index (χ4v) is 8.30. The zero-order valence-electron chi connectivity index (χ0n) is 25.1. The smallest absolute Gasteiger partial charge is 0.336 e. The van der Waals surface area contributed by atoms with Crippen molar-refractivity contribution in [3.63, 3.8) is 0 Å². The summed E-state index contributed by atoms with van der Waals surface area (Å²) in [4.78, 5) is 48.3. The third-order valence-electron chi connectivity index (χ3n) is 10.4. The number of nitrogens with zero attached hydrogens (tertiary/aromatic N) is 4. The van der Waals surface area contributed by atoms with Crippen molar-refractivity contribution in [3.05, 3.63) is 101 Å². The second-order valence-corrected chi connectivity index (χ2v) is 12.8. The molecule has 0 radical (unpaired) electrons. The van der Waals surface area contributed by atoms with Crippen LogP contribution in [0.4, 0.5) is 0 Å². The summed E-state index contributed by atoms with van der Waals surface area (Å²) in [5.41, 5.74) is 3.18. The normalized spacial score (nSPS) is 22.7. The Balaban J connectivity index is 1.10. The van der Waals surface area contributed by atoms with Crippen molar-refractivity contribution >= 4 is 28.8 Å². The Kier molecular flexibility index (Phi) is 7.23. The molecule has 1 aromatic heterocycles. The molecule has 4 heterocycles. The summed E-state index contributed by atoms with van der Waals surface area (Å²) in [5.74, 6) is -0.128. The van der Waals surface area contributed by atoms with Crippen LogP contribution in [0.3, 0.4) is 0 Å². The minimum absolute atomic E-state index is 0.0188. The van der Waals surface area contributed by atoms with Gasteiger partial charge in [0.1, 0.15) is 5.82 Å². The average Bonchev–Trinajstić information content (AvgIpc) is 3.53. The molecule has 0 aliphatic carbocycles. The number of piperidine rings is 2. The van der Waals surface area contributed by atoms with E-state index in [-0.39, 0.29) is 40.4 Å². The standard InChI is InChI=1S/C36H38N4O4/c1-24-37-31-13-7-8-14-32(31)39(24)28-21-26-15-16-27(22-28)40(26)33(41)23-36(25-9-3-2-4-10-25)17-19-38(20-18-36)34(42)29-11-5-6-12-30(29)35(43)44/h2-14,26-28H,15-23H2,1H3,(H,43,44)/t26-,27+,28?. The Hall–Kier alpha value is -4.46. The van der Waals surface area contributed by atoms with E-state index in [1.807, 2.05) is 24.3 Å². The van der Waals surface area contributed by atoms with E-state index in [2.05, 4.69) is 46.7 Å². The van der Waals surface area contributed by atoms with Crippen LogP contribution in [0.25, 0.3) is 11.0 Å². The van der Waals surface area contributed by atoms with E-state index in [9.17, 15) is 19.5 Å². The molecule has 3 aliphatic heterocycles. The number of likely N-dealkylation sites (tertiary alicyclic amines) is 1. The molecule has 4 aromatic rings. The van der Waals surface area contributed by atoms with Gasteiger partial charge in [0.05, 0.1) is 22.2 Å². The van der Waals surface area contributed by atoms with Crippen LogP contribution in [0.15, 0.2) is 78.9 Å². The van der Waals surface area contributed by atoms with Crippen LogP contribution in [-0.4, -0.2) is 67.4 Å². The number of rotatable bonds is 6. The van der Waals surface area contributed by atoms with Crippen molar-refractivity contribution in [2.24, 2.45) is 0 Å². The highest BCUT2D eigenvalue weighted by Gasteiger charge is 2.47. The Bertz CT molecular complexity index is 1710. The number of carbonyl (C=O) groups is 3. The predicted molar refractivity (Wildman–Crippen MR) is 168 cm³/mol. The molecule has 2 bridgehead atoms. The topological polar surface area (TPSA) is 95.7 Å². The van der Waals surface area contributed by atoms with Gasteiger partial charge < -0.3 is 19.5 Å². The molecule has 3 fully saturated rings. The lowest BCUT2D eigenvalue weighted by molar-refractivity contribution is -0.138. The van der Waals surface area contributed by atoms with Gasteiger partial charge in [-0.1, -0.05) is 54.6 Å². The van der Waals surface area contributed by atoms with Gasteiger partial charge in [-0.2, -0.15) is 0 Å². The van der Waals surface area contributed by atoms with E-state index in [0.29, 0.717) is 38.4 Å². The molecule has 3 aliphatic rings. The Morgan fingerprint density at radius 1 is 0.818 bits per heavy atom. The second kappa shape index (κ2) is 11.2. The van der Waals surface area contributed by atoms with Crippen molar-refractivity contribution in [3.8, 4) is 0 Å². The lowest BCUT2D eigenvalue weighted by atomic mass is 9.70. The minimum atomic E-state index is -1.11. The number of amides is 2. The molecule has 3 aromatic carbocycles. The van der Waals surface area contributed by atoms with E-state index in [0.717, 1.165) is 42.6 Å². The molecule has 2 amide bonds. The van der Waals surface area contributed by atoms with Crippen LogP contribution in [0.1, 0.15) is 83.1 Å². The van der Waals surface area contributed by atoms with Gasteiger partial charge in [-0.3, -0.25) is 9.59 Å². The fraction of sp³-hybridized carbons (Fsp3) is 0.389. The molecule has 1 N–H and O–H groups in total. The minimum Gasteiger partial charge on any atom is -0.478 e. The van der Waals surface area contributed by atoms with E-state index in [4.69, 9.17) is 4.98 Å². The van der Waals surface area contributed by atoms with E-state index >= 15 is 0 Å². The monoisotopic (exact) mass is 590 g/mol. The number of carboxylic acids is 1. The van der Waals surface area contributed by atoms with Gasteiger partial charge >= 0.3 is 5.97 Å². The Labute approximate surface area is 257 Å². The van der Waals surface area contributed by atoms with Crippen LogP contribution >= 0.6 is 0 Å². The SMILES string of the molecule is Cc1nc2ccccc2n1C1C[C@H]2CC[C@@H](C1)N2C(=O)CC1(c2ccccc2)CCN(C(=O)c2ccccc2C(=O)O)CC1. The van der Waals surface area contributed by atoms with Crippen molar-refractivity contribution in [2.75, 3.05) is 13.1 Å². The number of hydrogen-bond acceptors (Lipinski definition) is 4. The van der Waals surface area contributed by atoms with Gasteiger partial charge in [0.25, 0.3) is 5.91 Å². The van der Waals surface area contributed by atoms with Crippen LogP contribution in [0, 0.1) is 6.92 Å². The number of carbonyl (C=O) groups excluding carboxylic acids is 2. The molecule has 8 heteroatoms. The van der Waals surface area contributed by atoms with Crippen molar-refractivity contribution < 1.29 is 19.5 Å². The lowest BCUT2D eigenvalue weighted by Crippen LogP contribution is -2.51. The van der Waals surface area contributed by atoms with Gasteiger partial charge in [-0.25, -0.2) is 9.78 Å². The van der Waals surface area contributed by atoms with E-state index in [1.54, 1.807) is 23.1 Å². The molecule has 3 atom stereocenters. The number of benzene rings is 3. The molecule has 1 unspecified atom stereocenters. The first-order valence-corrected chi connectivity index (χ1v) is 15.8. The van der Waals surface area contributed by atoms with Crippen LogP contribution < -0.4 is 0 Å². The van der Waals surface area contributed by atoms with E-state index < -0.39 is 5.97 Å². The molecule has 226 valence electrons. The molecule has 8 nitrogen and oxygen atoms in total. The predicted octanol–water partition coefficient (Wildman–Crippen LogP) is 6.00. The van der Waals surface area contributed by atoms with Gasteiger partial charge in [-0.15, -0.1) is 0 Å². The highest BCUT2D eigenvalue weighted by atomic mass is 16.4. The fourth-order valence-electron chi connectivity index (χ4n) is 8.30. The van der Waals surface area contributed by atoms with Gasteiger partial charge in [0, 0.05) is 43.1 Å². The molecule has 7 rings (SSSR count). The summed E-state index contributed by atoms with van der Waals surface area (Å²) in [6, 6.07) is 25.7. The van der Waals surface area contributed by atoms with Crippen molar-refractivity contribution in [1.29, 1.82) is 0 Å². The summed E-state index contributed by atoms with van der Waals surface area (Å²) in [7, 11) is 0. The first-order valence-electron chi connectivity index (χ1n) is 15.8. The molecular weight excluding hydrogens is 552 g/mol. The number of para-hydroxylation sites is 2. The summed E-state index contributed by atoms with van der Waals surface area (Å²) in [6.45, 7) is 3.02. The highest BCUT2D eigenvalue weighted by molar-refractivity contribution is 6.04. The van der Waals surface area contributed by atoms with Crippen molar-refractivity contribution in [2.45, 2.75) is 75.4 Å². The highest BCUT2D eigenvalue weighted by Crippen LogP contribution is 2.45. The maximum Gasteiger partial charge on any atom is 0.336 e. The molecule has 3 saturated heterocycles. The Morgan fingerprint density at radius 2 is 1.43 bits per heavy atom. The summed E-state index contributed by atoms with van der Waals surface area (Å²) < 4.78 is 2.39. The van der Waals surface area contributed by atoms with Gasteiger partial charge in [0.15, 0.2) is 0 Å². The third kappa shape index (κ3) is 4.86. The maximum absolute atomic E-state index is 14.3. The number of hydrogen-bond donors (Lipinski definition) is 1. The first-order chi connectivity index (χ1) is 21.3. The third-order valence-corrected chi connectivity index (χ3v) is 10.4. The largest absolute Gasteiger partial charge is 0.478 e. The first kappa shape index (κ1) is 28.3. The summed E-state index contributed by atoms with van der Waals surface area (Å²) in [5, 5.41) is 9.63. The second-order valence-electron chi connectivity index (χ2n) is 12.8. The van der Waals surface area contributed by atoms with Crippen molar-refractivity contribution in [1.82, 2.24) is 19.4 Å². The number of aromatic nitrogens is 2. The molecule has 44 heavy (non-hydrogen) atoms. The van der Waals surface area contributed by atoms with Gasteiger partial charge in [0.2, 0.25) is 5.91 Å². The summed E-state index contributed by atoms with van der Waals surface area (Å²) >= 11 is 0. The zero-order chi connectivity index (χ0) is 30.4. The number of imidazole rings is 1. The van der Waals surface area contributed by atoms with Gasteiger partial charge in [-0.05, 0) is 75.3 Å². The Morgan fingerprint density at radius 3 is 2.11 bits per heavy atom. The lowest BCUT2D eigenvalue weighted by Gasteiger charge is -2.45. The molecule has 0 saturated carbocycles. The number of fused-ring (bicyclic) bond motifs is 3. The average molecular weight is 591 g/mol. The quantitative estimate of drug-likeness (QED) is 0.297. The molecular formula is C36H38N4O4. The van der Waals surface area contributed by atoms with Crippen LogP contribution in [0.5, 0.6) is 0 Å². The van der Waals surface area contributed by atoms with Crippen LogP contribution in [0.2, 0.25) is 0 Å². The summed E-state index contributed by atoms with van der Waals surface area (Å²) in [6.07, 6.45) is 5.64. The van der Waals surface area contributed by atoms with Crippen LogP contribution in [-0.2, 0) is 10.2 Å². The zero-order valence-corrected chi connectivity index (χ0v) is 25.1. The molecule has 0 spiro atoms. The van der Waals surface area contributed by atoms with E-state index in [1.165, 1.54) is 11.6 Å². The number of aryl methyl sites for hydroxylation is 1.